The summed E-state index contributed by atoms with van der Waals surface area (Å²) >= 11 is 0. The Hall–Kier alpha value is -1.12. The van der Waals surface area contributed by atoms with Crippen molar-refractivity contribution in [3.05, 3.63) is 135 Å². The first kappa shape index (κ1) is 23.2. The SMILES string of the molecule is OC[C@H](N[C@@H]([C]1[CH][CH][CH][CH]1)c1ccccc1)c1ccccc1.[CH]1[CH][CH][CH][CH]1.[Fe+2]. The largest absolute Gasteiger partial charge is 2.00 e. The summed E-state index contributed by atoms with van der Waals surface area (Å²) in [6.07, 6.45) is 18.3. The third-order valence-corrected chi connectivity index (χ3v) is 4.46. The van der Waals surface area contributed by atoms with Gasteiger partial charge in [0.15, 0.2) is 0 Å². The molecular weight excluding hydrogens is 386 g/mol. The maximum absolute atomic E-state index is 9.81. The van der Waals surface area contributed by atoms with E-state index in [2.05, 4.69) is 30.3 Å². The second kappa shape index (κ2) is 13.2. The normalized spacial score (nSPS) is 18.6. The number of hydrogen-bond acceptors (Lipinski definition) is 2. The van der Waals surface area contributed by atoms with Crippen LogP contribution in [0.2, 0.25) is 0 Å². The summed E-state index contributed by atoms with van der Waals surface area (Å²) in [5.74, 6) is 1.21. The molecule has 2 N–H and O–H groups in total. The van der Waals surface area contributed by atoms with Gasteiger partial charge in [0.2, 0.25) is 0 Å². The van der Waals surface area contributed by atoms with Crippen LogP contribution in [0.1, 0.15) is 23.2 Å². The van der Waals surface area contributed by atoms with E-state index >= 15 is 0 Å². The second-order valence-electron chi connectivity index (χ2n) is 6.34. The molecule has 2 aromatic carbocycles. The van der Waals surface area contributed by atoms with Crippen LogP contribution in [-0.2, 0) is 17.1 Å². The van der Waals surface area contributed by atoms with Crippen molar-refractivity contribution in [2.45, 2.75) is 12.1 Å². The summed E-state index contributed by atoms with van der Waals surface area (Å²) < 4.78 is 0. The van der Waals surface area contributed by atoms with E-state index in [0.29, 0.717) is 0 Å². The number of rotatable bonds is 6. The molecule has 0 unspecified atom stereocenters. The van der Waals surface area contributed by atoms with E-state index in [4.69, 9.17) is 0 Å². The molecule has 2 saturated carbocycles. The molecule has 2 atom stereocenters. The van der Waals surface area contributed by atoms with E-state index in [-0.39, 0.29) is 35.8 Å². The van der Waals surface area contributed by atoms with Crippen LogP contribution in [0.15, 0.2) is 60.7 Å². The Labute approximate surface area is 181 Å². The van der Waals surface area contributed by atoms with Crippen molar-refractivity contribution in [3.63, 3.8) is 0 Å². The molecule has 2 aliphatic carbocycles. The van der Waals surface area contributed by atoms with Crippen molar-refractivity contribution in [1.29, 1.82) is 0 Å². The molecule has 0 saturated heterocycles. The van der Waals surface area contributed by atoms with Gasteiger partial charge in [-0.2, -0.15) is 0 Å². The Morgan fingerprint density at radius 2 is 1.11 bits per heavy atom. The molecule has 0 aromatic heterocycles. The van der Waals surface area contributed by atoms with Gasteiger partial charge in [-0.05, 0) is 68.9 Å². The Morgan fingerprint density at radius 1 is 0.643 bits per heavy atom. The minimum Gasteiger partial charge on any atom is -0.394 e. The zero-order valence-corrected chi connectivity index (χ0v) is 16.7. The molecule has 0 spiro atoms. The van der Waals surface area contributed by atoms with E-state index in [0.717, 1.165) is 5.56 Å². The van der Waals surface area contributed by atoms with Crippen molar-refractivity contribution in [1.82, 2.24) is 5.32 Å². The number of benzene rings is 2. The number of hydrogen-bond donors (Lipinski definition) is 2. The van der Waals surface area contributed by atoms with Crippen molar-refractivity contribution in [2.24, 2.45) is 0 Å². The molecule has 2 aromatic rings. The van der Waals surface area contributed by atoms with Crippen molar-refractivity contribution in [3.8, 4) is 0 Å². The summed E-state index contributed by atoms with van der Waals surface area (Å²) in [5, 5.41) is 13.4. The van der Waals surface area contributed by atoms with Gasteiger partial charge in [0, 0.05) is 12.0 Å². The fraction of sp³-hybridized carbons (Fsp3) is 0.120. The molecule has 3 heteroatoms. The van der Waals surface area contributed by atoms with E-state index in [9.17, 15) is 5.11 Å². The van der Waals surface area contributed by atoms with E-state index < -0.39 is 0 Å². The molecule has 4 rings (SSSR count). The van der Waals surface area contributed by atoms with E-state index in [1.807, 2.05) is 93.5 Å². The van der Waals surface area contributed by atoms with E-state index in [1.54, 1.807) is 0 Å². The zero-order valence-electron chi connectivity index (χ0n) is 15.6. The predicted octanol–water partition coefficient (Wildman–Crippen LogP) is 4.48. The average molecular weight is 411 g/mol. The topological polar surface area (TPSA) is 32.3 Å². The number of aliphatic hydroxyl groups is 1. The van der Waals surface area contributed by atoms with Gasteiger partial charge in [-0.3, -0.25) is 0 Å². The molecule has 0 amide bonds. The maximum Gasteiger partial charge on any atom is 2.00 e. The van der Waals surface area contributed by atoms with Crippen LogP contribution in [0.25, 0.3) is 0 Å². The molecule has 10 radical (unpaired) electrons. The fourth-order valence-corrected chi connectivity index (χ4v) is 3.07. The molecule has 2 fully saturated rings. The van der Waals surface area contributed by atoms with Crippen LogP contribution >= 0.6 is 0 Å². The Balaban J connectivity index is 0.000000408. The van der Waals surface area contributed by atoms with Gasteiger partial charge in [-0.15, -0.1) is 0 Å². The van der Waals surface area contributed by atoms with Gasteiger partial charge in [0.25, 0.3) is 0 Å². The third-order valence-electron chi connectivity index (χ3n) is 4.46. The van der Waals surface area contributed by atoms with Gasteiger partial charge in [0.1, 0.15) is 0 Å². The summed E-state index contributed by atoms with van der Waals surface area (Å²) in [6, 6.07) is 20.4. The quantitative estimate of drug-likeness (QED) is 0.688. The standard InChI is InChI=1S/C20H20NO.C5H5.Fe/c22-15-19(16-9-3-1-4-10-16)21-20(18-13-7-8-14-18)17-11-5-2-6-12-17;1-2-4-5-3-1;/h1-14,19-22H,15H2;1-5H;/q;;+2/t19-,20+;;/m0../s1. The molecule has 28 heavy (non-hydrogen) atoms. The minimum atomic E-state index is -0.0960. The first-order valence-electron chi connectivity index (χ1n) is 9.23. The second-order valence-corrected chi connectivity index (χ2v) is 6.34. The van der Waals surface area contributed by atoms with Gasteiger partial charge >= 0.3 is 17.1 Å². The van der Waals surface area contributed by atoms with Crippen LogP contribution in [0.3, 0.4) is 0 Å². The van der Waals surface area contributed by atoms with E-state index in [1.165, 1.54) is 11.5 Å². The zero-order chi connectivity index (χ0) is 18.7. The van der Waals surface area contributed by atoms with Crippen LogP contribution in [0.4, 0.5) is 0 Å². The monoisotopic (exact) mass is 411 g/mol. The van der Waals surface area contributed by atoms with Gasteiger partial charge in [0.05, 0.1) is 12.6 Å². The van der Waals surface area contributed by atoms with Gasteiger partial charge in [-0.25, -0.2) is 0 Å². The Bertz CT molecular complexity index is 616. The molecule has 142 valence electrons. The molecule has 2 aliphatic rings. The summed E-state index contributed by atoms with van der Waals surface area (Å²) in [5.41, 5.74) is 2.29. The van der Waals surface area contributed by atoms with Crippen molar-refractivity contribution in [2.75, 3.05) is 6.61 Å². The predicted molar refractivity (Wildman–Crippen MR) is 111 cm³/mol. The smallest absolute Gasteiger partial charge is 0.394 e. The van der Waals surface area contributed by atoms with Gasteiger partial charge in [-0.1, -0.05) is 60.7 Å². The molecule has 0 aliphatic heterocycles. The van der Waals surface area contributed by atoms with Crippen LogP contribution in [0.5, 0.6) is 0 Å². The minimum absolute atomic E-state index is 0. The van der Waals surface area contributed by atoms with Crippen molar-refractivity contribution >= 4 is 0 Å². The first-order chi connectivity index (χ1) is 13.4. The van der Waals surface area contributed by atoms with Gasteiger partial charge < -0.3 is 10.4 Å². The number of nitrogens with one attached hydrogen (secondary N) is 1. The van der Waals surface area contributed by atoms with Crippen molar-refractivity contribution < 1.29 is 22.2 Å². The first-order valence-corrected chi connectivity index (χ1v) is 9.23. The Kier molecular flexibility index (Phi) is 10.9. The molecular formula is C25H25FeNO+2. The number of aliphatic hydroxyl groups excluding tert-OH is 1. The maximum atomic E-state index is 9.81. The third kappa shape index (κ3) is 7.04. The molecule has 0 bridgehead atoms. The van der Waals surface area contributed by atoms with Crippen LogP contribution in [-0.4, -0.2) is 11.7 Å². The summed E-state index contributed by atoms with van der Waals surface area (Å²) in [4.78, 5) is 0. The average Bonchev–Trinajstić information content (AvgIpc) is 3.47. The molecule has 2 nitrogen and oxygen atoms in total. The fourth-order valence-electron chi connectivity index (χ4n) is 3.07. The van der Waals surface area contributed by atoms with Crippen LogP contribution < -0.4 is 5.32 Å². The summed E-state index contributed by atoms with van der Waals surface area (Å²) in [6.45, 7) is 0.0635. The Morgan fingerprint density at radius 3 is 1.57 bits per heavy atom. The molecule has 0 heterocycles. The summed E-state index contributed by atoms with van der Waals surface area (Å²) in [7, 11) is 0. The van der Waals surface area contributed by atoms with Crippen LogP contribution in [0, 0.1) is 63.7 Å².